The van der Waals surface area contributed by atoms with Gasteiger partial charge in [0, 0.05) is 31.2 Å². The van der Waals surface area contributed by atoms with Crippen molar-refractivity contribution in [1.82, 2.24) is 16.0 Å². The lowest BCUT2D eigenvalue weighted by Crippen LogP contribution is -2.47. The number of carboxylic acids is 1. The first-order valence-corrected chi connectivity index (χ1v) is 15.2. The SMILES string of the molecule is CC(C)CC(=O)NCCCCC(NC(=O)C(CC(=O)C(Cc1ccccc1)NC(=O)C(C)C)Cc1ccccc1)C(=O)O. The number of benzene rings is 2. The summed E-state index contributed by atoms with van der Waals surface area (Å²) in [6.07, 6.45) is 2.04. The van der Waals surface area contributed by atoms with Crippen LogP contribution in [0.15, 0.2) is 60.7 Å². The van der Waals surface area contributed by atoms with Gasteiger partial charge in [-0.25, -0.2) is 4.79 Å². The van der Waals surface area contributed by atoms with Crippen LogP contribution in [0.3, 0.4) is 0 Å². The van der Waals surface area contributed by atoms with Crippen molar-refractivity contribution in [3.8, 4) is 0 Å². The Morgan fingerprint density at radius 1 is 0.698 bits per heavy atom. The Balaban J connectivity index is 2.13. The topological polar surface area (TPSA) is 142 Å². The molecule has 0 bridgehead atoms. The van der Waals surface area contributed by atoms with Gasteiger partial charge in [0.15, 0.2) is 5.78 Å². The van der Waals surface area contributed by atoms with E-state index < -0.39 is 29.9 Å². The molecule has 0 heterocycles. The molecule has 2 aromatic rings. The second-order valence-electron chi connectivity index (χ2n) is 11.8. The van der Waals surface area contributed by atoms with Crippen LogP contribution >= 0.6 is 0 Å². The quantitative estimate of drug-likeness (QED) is 0.181. The Hall–Kier alpha value is -4.01. The third-order valence-electron chi connectivity index (χ3n) is 7.11. The maximum atomic E-state index is 13.7. The van der Waals surface area contributed by atoms with E-state index in [-0.39, 0.29) is 55.1 Å². The predicted molar refractivity (Wildman–Crippen MR) is 166 cm³/mol. The number of carboxylic acid groups (broad SMARTS) is 1. The van der Waals surface area contributed by atoms with Gasteiger partial charge in [-0.2, -0.15) is 0 Å². The second kappa shape index (κ2) is 18.5. The molecular weight excluding hydrogens is 546 g/mol. The molecule has 0 aliphatic carbocycles. The molecule has 2 aromatic carbocycles. The summed E-state index contributed by atoms with van der Waals surface area (Å²) in [6.45, 7) is 7.85. The fourth-order valence-electron chi connectivity index (χ4n) is 4.67. The first-order chi connectivity index (χ1) is 20.5. The zero-order valence-electron chi connectivity index (χ0n) is 25.8. The summed E-state index contributed by atoms with van der Waals surface area (Å²) in [6, 6.07) is 16.6. The van der Waals surface area contributed by atoms with Crippen LogP contribution < -0.4 is 16.0 Å². The minimum atomic E-state index is -1.16. The smallest absolute Gasteiger partial charge is 0.326 e. The van der Waals surface area contributed by atoms with Gasteiger partial charge in [0.25, 0.3) is 0 Å². The highest BCUT2D eigenvalue weighted by molar-refractivity contribution is 5.94. The molecule has 9 nitrogen and oxygen atoms in total. The Bertz CT molecular complexity index is 1180. The minimum absolute atomic E-state index is 0.0401. The van der Waals surface area contributed by atoms with Crippen LogP contribution in [-0.4, -0.2) is 53.2 Å². The summed E-state index contributed by atoms with van der Waals surface area (Å²) in [5.74, 6) is -3.18. The maximum absolute atomic E-state index is 13.7. The Kier molecular flexibility index (Phi) is 15.1. The summed E-state index contributed by atoms with van der Waals surface area (Å²) < 4.78 is 0. The fourth-order valence-corrected chi connectivity index (χ4v) is 4.67. The molecule has 2 rings (SSSR count). The lowest BCUT2D eigenvalue weighted by atomic mass is 9.89. The molecule has 0 aromatic heterocycles. The number of rotatable bonds is 19. The number of carbonyl (C=O) groups excluding carboxylic acids is 4. The van der Waals surface area contributed by atoms with Crippen molar-refractivity contribution in [3.05, 3.63) is 71.8 Å². The van der Waals surface area contributed by atoms with Crippen LogP contribution in [-0.2, 0) is 36.8 Å². The van der Waals surface area contributed by atoms with Gasteiger partial charge in [-0.05, 0) is 49.1 Å². The zero-order chi connectivity index (χ0) is 31.8. The molecule has 0 spiro atoms. The first-order valence-electron chi connectivity index (χ1n) is 15.2. The molecular formula is C34H47N3O6. The highest BCUT2D eigenvalue weighted by Crippen LogP contribution is 2.17. The van der Waals surface area contributed by atoms with Crippen LogP contribution in [0.5, 0.6) is 0 Å². The number of unbranched alkanes of at least 4 members (excludes halogenated alkanes) is 1. The number of ketones is 1. The van der Waals surface area contributed by atoms with E-state index >= 15 is 0 Å². The summed E-state index contributed by atoms with van der Waals surface area (Å²) in [7, 11) is 0. The van der Waals surface area contributed by atoms with Crippen LogP contribution in [0.1, 0.15) is 70.9 Å². The van der Waals surface area contributed by atoms with Gasteiger partial charge in [-0.15, -0.1) is 0 Å². The molecule has 3 unspecified atom stereocenters. The Labute approximate surface area is 255 Å². The number of carbonyl (C=O) groups is 5. The number of hydrogen-bond donors (Lipinski definition) is 4. The average molecular weight is 594 g/mol. The predicted octanol–water partition coefficient (Wildman–Crippen LogP) is 4.09. The molecule has 234 valence electrons. The zero-order valence-corrected chi connectivity index (χ0v) is 25.8. The number of aliphatic carboxylic acids is 1. The van der Waals surface area contributed by atoms with E-state index in [4.69, 9.17) is 0 Å². The highest BCUT2D eigenvalue weighted by atomic mass is 16.4. The molecule has 0 saturated carbocycles. The van der Waals surface area contributed by atoms with Crippen molar-refractivity contribution in [2.24, 2.45) is 17.8 Å². The van der Waals surface area contributed by atoms with Crippen LogP contribution in [0, 0.1) is 17.8 Å². The lowest BCUT2D eigenvalue weighted by molar-refractivity contribution is -0.143. The monoisotopic (exact) mass is 593 g/mol. The summed E-state index contributed by atoms with van der Waals surface area (Å²) in [4.78, 5) is 63.6. The van der Waals surface area contributed by atoms with Gasteiger partial charge in [0.2, 0.25) is 17.7 Å². The van der Waals surface area contributed by atoms with Gasteiger partial charge in [0.05, 0.1) is 6.04 Å². The Morgan fingerprint density at radius 3 is 1.79 bits per heavy atom. The molecule has 3 amide bonds. The molecule has 43 heavy (non-hydrogen) atoms. The third kappa shape index (κ3) is 13.7. The van der Waals surface area contributed by atoms with Crippen molar-refractivity contribution in [3.63, 3.8) is 0 Å². The van der Waals surface area contributed by atoms with E-state index in [1.54, 1.807) is 13.8 Å². The average Bonchev–Trinajstić information content (AvgIpc) is 2.96. The van der Waals surface area contributed by atoms with Gasteiger partial charge in [-0.3, -0.25) is 19.2 Å². The summed E-state index contributed by atoms with van der Waals surface area (Å²) in [5.41, 5.74) is 1.71. The van der Waals surface area contributed by atoms with Gasteiger partial charge in [0.1, 0.15) is 6.04 Å². The molecule has 4 N–H and O–H groups in total. The van der Waals surface area contributed by atoms with Crippen LogP contribution in [0.4, 0.5) is 0 Å². The normalized spacial score (nSPS) is 13.2. The van der Waals surface area contributed by atoms with E-state index in [1.165, 1.54) is 0 Å². The number of Topliss-reactive ketones (excluding diaryl/α,β-unsaturated/α-hetero) is 1. The van der Waals surface area contributed by atoms with E-state index in [9.17, 15) is 29.1 Å². The van der Waals surface area contributed by atoms with Gasteiger partial charge >= 0.3 is 5.97 Å². The van der Waals surface area contributed by atoms with E-state index in [2.05, 4.69) is 16.0 Å². The third-order valence-corrected chi connectivity index (χ3v) is 7.11. The standard InChI is InChI=1S/C34H47N3O6/c1-23(2)19-31(39)35-18-12-11-17-28(34(42)43)36-33(41)27(20-25-13-7-5-8-14-25)22-30(38)29(37-32(40)24(3)4)21-26-15-9-6-10-16-26/h5-10,13-16,23-24,27-29H,11-12,17-22H2,1-4H3,(H,35,39)(H,36,41)(H,37,40)(H,42,43). The van der Waals surface area contributed by atoms with Crippen molar-refractivity contribution < 1.29 is 29.1 Å². The van der Waals surface area contributed by atoms with Crippen molar-refractivity contribution >= 4 is 29.5 Å². The number of hydrogen-bond acceptors (Lipinski definition) is 5. The van der Waals surface area contributed by atoms with E-state index in [1.807, 2.05) is 74.5 Å². The van der Waals surface area contributed by atoms with Gasteiger partial charge < -0.3 is 21.1 Å². The van der Waals surface area contributed by atoms with Crippen molar-refractivity contribution in [2.75, 3.05) is 6.54 Å². The lowest BCUT2D eigenvalue weighted by Gasteiger charge is -2.24. The molecule has 0 aliphatic heterocycles. The molecule has 0 aliphatic rings. The molecule has 0 saturated heterocycles. The highest BCUT2D eigenvalue weighted by Gasteiger charge is 2.31. The molecule has 9 heteroatoms. The number of nitrogens with one attached hydrogen (secondary N) is 3. The number of amides is 3. The van der Waals surface area contributed by atoms with Crippen LogP contribution in [0.2, 0.25) is 0 Å². The largest absolute Gasteiger partial charge is 0.480 e. The maximum Gasteiger partial charge on any atom is 0.326 e. The molecule has 0 fully saturated rings. The Morgan fingerprint density at radius 2 is 1.26 bits per heavy atom. The molecule has 3 atom stereocenters. The van der Waals surface area contributed by atoms with Crippen LogP contribution in [0.25, 0.3) is 0 Å². The summed E-state index contributed by atoms with van der Waals surface area (Å²) >= 11 is 0. The fraction of sp³-hybridized carbons (Fsp3) is 0.500. The summed E-state index contributed by atoms with van der Waals surface area (Å²) in [5, 5.41) is 18.2. The second-order valence-corrected chi connectivity index (χ2v) is 11.8. The minimum Gasteiger partial charge on any atom is -0.480 e. The van der Waals surface area contributed by atoms with E-state index in [0.717, 1.165) is 11.1 Å². The van der Waals surface area contributed by atoms with Crippen molar-refractivity contribution in [2.45, 2.75) is 84.7 Å². The van der Waals surface area contributed by atoms with E-state index in [0.29, 0.717) is 25.8 Å². The van der Waals surface area contributed by atoms with Crippen molar-refractivity contribution in [1.29, 1.82) is 0 Å². The van der Waals surface area contributed by atoms with Gasteiger partial charge in [-0.1, -0.05) is 88.4 Å². The first kappa shape index (κ1) is 35.2. The molecule has 0 radical (unpaired) electrons.